The summed E-state index contributed by atoms with van der Waals surface area (Å²) in [5, 5.41) is 1.34. The maximum atomic E-state index is 13.4. The van der Waals surface area contributed by atoms with Crippen LogP contribution in [0.15, 0.2) is 29.2 Å². The number of hydrogen-bond donors (Lipinski definition) is 0. The Morgan fingerprint density at radius 1 is 1.17 bits per heavy atom. The minimum Gasteiger partial charge on any atom is -0.448 e. The summed E-state index contributed by atoms with van der Waals surface area (Å²) < 4.78 is 33.9. The largest absolute Gasteiger partial charge is 0.448 e. The van der Waals surface area contributed by atoms with Crippen LogP contribution in [0.25, 0.3) is 0 Å². The van der Waals surface area contributed by atoms with Gasteiger partial charge < -0.3 is 4.74 Å². The second kappa shape index (κ2) is 7.92. The number of hydroxylamine groups is 2. The molecule has 1 aromatic rings. The lowest BCUT2D eigenvalue weighted by Gasteiger charge is -2.33. The van der Waals surface area contributed by atoms with Crippen LogP contribution >= 0.6 is 0 Å². The molecular weight excluding hydrogens is 420 g/mol. The molecule has 7 nitrogen and oxygen atoms in total. The van der Waals surface area contributed by atoms with Crippen LogP contribution in [0.5, 0.6) is 0 Å². The number of ether oxygens (including phenoxy) is 1. The van der Waals surface area contributed by atoms with E-state index in [0.29, 0.717) is 11.5 Å². The Morgan fingerprint density at radius 3 is 2.53 bits per heavy atom. The average molecular weight is 453 g/mol. The van der Waals surface area contributed by atoms with Crippen molar-refractivity contribution in [2.75, 3.05) is 13.2 Å². The zero-order valence-corrected chi connectivity index (χ0v) is 20.0. The van der Waals surface area contributed by atoms with Crippen molar-refractivity contribution in [2.24, 2.45) is 5.92 Å². The van der Waals surface area contributed by atoms with Gasteiger partial charge in [-0.1, -0.05) is 37.3 Å². The van der Waals surface area contributed by atoms with Gasteiger partial charge in [-0.15, -0.1) is 0 Å². The summed E-state index contributed by atoms with van der Waals surface area (Å²) in [5.41, 5.74) is 1.02. The predicted octanol–water partition coefficient (Wildman–Crippen LogP) is 3.63. The van der Waals surface area contributed by atoms with Crippen LogP contribution in [0, 0.1) is 12.8 Å². The summed E-state index contributed by atoms with van der Waals surface area (Å²) in [4.78, 5) is 19.0. The quantitative estimate of drug-likeness (QED) is 0.638. The number of sulfonamides is 1. The molecule has 4 atom stereocenters. The second-order valence-electron chi connectivity index (χ2n) is 9.93. The molecule has 0 unspecified atom stereocenters. The zero-order chi connectivity index (χ0) is 21.7. The zero-order valence-electron chi connectivity index (χ0n) is 18.2. The van der Waals surface area contributed by atoms with Crippen LogP contribution in [0.1, 0.15) is 24.8 Å². The van der Waals surface area contributed by atoms with Gasteiger partial charge in [-0.2, -0.15) is 9.37 Å². The van der Waals surface area contributed by atoms with Crippen molar-refractivity contribution >= 4 is 24.2 Å². The van der Waals surface area contributed by atoms with E-state index in [1.165, 1.54) is 5.06 Å². The lowest BCUT2D eigenvalue weighted by molar-refractivity contribution is -0.149. The highest BCUT2D eigenvalue weighted by molar-refractivity contribution is 7.89. The van der Waals surface area contributed by atoms with E-state index in [1.54, 1.807) is 16.4 Å². The van der Waals surface area contributed by atoms with E-state index in [2.05, 4.69) is 19.6 Å². The molecular formula is C21H32N2O5SSi. The molecule has 2 saturated heterocycles. The molecule has 1 aromatic carbocycles. The Morgan fingerprint density at radius 2 is 1.87 bits per heavy atom. The smallest absolute Gasteiger partial charge is 0.434 e. The van der Waals surface area contributed by atoms with Crippen molar-refractivity contribution in [1.82, 2.24) is 9.37 Å². The number of hydrogen-bond acceptors (Lipinski definition) is 5. The first kappa shape index (κ1) is 21.8. The van der Waals surface area contributed by atoms with Crippen LogP contribution in [0.2, 0.25) is 25.7 Å². The van der Waals surface area contributed by atoms with Crippen molar-refractivity contribution < 1.29 is 22.8 Å². The third kappa shape index (κ3) is 4.04. The maximum Gasteiger partial charge on any atom is 0.434 e. The topological polar surface area (TPSA) is 76.2 Å². The van der Waals surface area contributed by atoms with Gasteiger partial charge in [0.25, 0.3) is 0 Å². The molecule has 9 heteroatoms. The molecule has 1 saturated carbocycles. The minimum atomic E-state index is -3.63. The van der Waals surface area contributed by atoms with E-state index >= 15 is 0 Å². The molecule has 0 aromatic heterocycles. The van der Waals surface area contributed by atoms with Crippen LogP contribution in [0.4, 0.5) is 4.79 Å². The Kier molecular flexibility index (Phi) is 5.76. The van der Waals surface area contributed by atoms with Crippen molar-refractivity contribution in [3.63, 3.8) is 0 Å². The molecule has 2 aliphatic heterocycles. The van der Waals surface area contributed by atoms with E-state index in [4.69, 9.17) is 9.57 Å². The summed E-state index contributed by atoms with van der Waals surface area (Å²) in [7, 11) is -4.94. The summed E-state index contributed by atoms with van der Waals surface area (Å²) in [5.74, 6) is 0.00325. The molecule has 166 valence electrons. The summed E-state index contributed by atoms with van der Waals surface area (Å²) >= 11 is 0. The fourth-order valence-corrected chi connectivity index (χ4v) is 7.25. The van der Waals surface area contributed by atoms with Crippen molar-refractivity contribution in [1.29, 1.82) is 0 Å². The van der Waals surface area contributed by atoms with Gasteiger partial charge in [-0.25, -0.2) is 13.2 Å². The number of aryl methyl sites for hydroxylation is 1. The Balaban J connectivity index is 1.53. The van der Waals surface area contributed by atoms with Gasteiger partial charge in [0.15, 0.2) is 0 Å². The lowest BCUT2D eigenvalue weighted by atomic mass is 9.81. The van der Waals surface area contributed by atoms with Crippen LogP contribution in [-0.4, -0.2) is 63.3 Å². The Labute approximate surface area is 180 Å². The number of carbonyl (C=O) groups excluding carboxylic acids is 1. The SMILES string of the molecule is Cc1ccc(S(=O)(=O)N2C[C@H]3[C@@H]4[C@@H](CCC[C@@H]42)ON3C(=O)OCC[Si](C)(C)C)cc1. The van der Waals surface area contributed by atoms with Crippen LogP contribution in [0.3, 0.4) is 0 Å². The molecule has 0 spiro atoms. The molecule has 1 amide bonds. The van der Waals surface area contributed by atoms with E-state index in [-0.39, 0.29) is 30.7 Å². The number of amides is 1. The normalized spacial score (nSPS) is 29.1. The fourth-order valence-electron chi connectivity index (χ4n) is 4.83. The predicted molar refractivity (Wildman–Crippen MR) is 116 cm³/mol. The first-order valence-electron chi connectivity index (χ1n) is 10.8. The van der Waals surface area contributed by atoms with E-state index in [0.717, 1.165) is 30.9 Å². The third-order valence-electron chi connectivity index (χ3n) is 6.48. The Hall–Kier alpha value is -1.42. The number of nitrogens with zero attached hydrogens (tertiary/aromatic N) is 2. The minimum absolute atomic E-state index is 0.00325. The molecule has 2 heterocycles. The molecule has 30 heavy (non-hydrogen) atoms. The Bertz CT molecular complexity index is 899. The summed E-state index contributed by atoms with van der Waals surface area (Å²) in [6, 6.07) is 7.42. The van der Waals surface area contributed by atoms with E-state index < -0.39 is 24.2 Å². The molecule has 0 radical (unpaired) electrons. The monoisotopic (exact) mass is 452 g/mol. The third-order valence-corrected chi connectivity index (χ3v) is 10.1. The maximum absolute atomic E-state index is 13.4. The summed E-state index contributed by atoms with van der Waals surface area (Å²) in [6.45, 7) is 9.27. The van der Waals surface area contributed by atoms with Gasteiger partial charge in [0.05, 0.1) is 23.6 Å². The van der Waals surface area contributed by atoms with Crippen molar-refractivity contribution in [3.8, 4) is 0 Å². The highest BCUT2D eigenvalue weighted by Crippen LogP contribution is 2.47. The van der Waals surface area contributed by atoms with Crippen molar-refractivity contribution in [3.05, 3.63) is 29.8 Å². The van der Waals surface area contributed by atoms with Gasteiger partial charge >= 0.3 is 6.09 Å². The van der Waals surface area contributed by atoms with Gasteiger partial charge in [0, 0.05) is 26.6 Å². The summed E-state index contributed by atoms with van der Waals surface area (Å²) in [6.07, 6.45) is 1.91. The van der Waals surface area contributed by atoms with Crippen LogP contribution in [-0.2, 0) is 19.6 Å². The van der Waals surface area contributed by atoms with E-state index in [1.807, 2.05) is 19.1 Å². The molecule has 3 fully saturated rings. The van der Waals surface area contributed by atoms with E-state index in [9.17, 15) is 13.2 Å². The first-order chi connectivity index (χ1) is 14.1. The van der Waals surface area contributed by atoms with Gasteiger partial charge in [0.2, 0.25) is 10.0 Å². The van der Waals surface area contributed by atoms with Gasteiger partial charge in [-0.05, 0) is 44.4 Å². The van der Waals surface area contributed by atoms with Gasteiger partial charge in [-0.3, -0.25) is 4.84 Å². The molecule has 1 aliphatic carbocycles. The molecule has 4 rings (SSSR count). The number of carbonyl (C=O) groups is 1. The average Bonchev–Trinajstić information content (AvgIpc) is 3.24. The molecule has 0 N–H and O–H groups in total. The number of benzene rings is 1. The standard InChI is InChI=1S/C21H32N2O5SSi/c1-15-8-10-16(11-9-15)29(25,26)22-14-18-20-17(22)6-5-7-19(20)28-23(18)21(24)27-12-13-30(2,3)4/h8-11,17-20H,5-7,12-14H2,1-4H3/t17-,18-,19+,20+/m0/s1. The first-order valence-corrected chi connectivity index (χ1v) is 15.9. The highest BCUT2D eigenvalue weighted by atomic mass is 32.2. The highest BCUT2D eigenvalue weighted by Gasteiger charge is 2.60. The molecule has 0 bridgehead atoms. The van der Waals surface area contributed by atoms with Crippen LogP contribution < -0.4 is 0 Å². The number of rotatable bonds is 5. The van der Waals surface area contributed by atoms with Crippen molar-refractivity contribution in [2.45, 2.75) is 75.0 Å². The van der Waals surface area contributed by atoms with Gasteiger partial charge in [0.1, 0.15) is 0 Å². The molecule has 3 aliphatic rings. The lowest BCUT2D eigenvalue weighted by Crippen LogP contribution is -2.44. The fraction of sp³-hybridized carbons (Fsp3) is 0.667. The second-order valence-corrected chi connectivity index (χ2v) is 17.4.